The van der Waals surface area contributed by atoms with Crippen molar-refractivity contribution in [1.29, 1.82) is 5.26 Å². The standard InChI is InChI=1S/C27H29N7O2/c28-17-21-3-2-14-34(21)25(35)18-33-15-9-20(10-16-33)31-24-6-5-23(26-22(24)4-1-11-30-26)27(36)32-19-7-12-29-13-8-19/h1,4-8,11-13,20-21,31H,2-3,9-10,14-16,18H2,(H,29,32,36)/t21-/m0/s1. The lowest BCUT2D eigenvalue weighted by atomic mass is 10.0. The highest BCUT2D eigenvalue weighted by Crippen LogP contribution is 2.28. The van der Waals surface area contributed by atoms with Crippen LogP contribution in [0.25, 0.3) is 10.9 Å². The van der Waals surface area contributed by atoms with Gasteiger partial charge in [-0.2, -0.15) is 5.26 Å². The number of likely N-dealkylation sites (tertiary alicyclic amines) is 2. The van der Waals surface area contributed by atoms with Gasteiger partial charge in [0.1, 0.15) is 6.04 Å². The van der Waals surface area contributed by atoms with E-state index in [1.807, 2.05) is 24.3 Å². The number of carbonyl (C=O) groups excluding carboxylic acids is 2. The van der Waals surface area contributed by atoms with Crippen LogP contribution in [0.4, 0.5) is 11.4 Å². The van der Waals surface area contributed by atoms with Crippen molar-refractivity contribution >= 4 is 34.1 Å². The van der Waals surface area contributed by atoms with Crippen LogP contribution in [0.1, 0.15) is 36.0 Å². The molecule has 3 aromatic rings. The van der Waals surface area contributed by atoms with E-state index in [1.54, 1.807) is 35.6 Å². The van der Waals surface area contributed by atoms with Crippen LogP contribution in [0.3, 0.4) is 0 Å². The Balaban J connectivity index is 1.22. The van der Waals surface area contributed by atoms with E-state index in [2.05, 4.69) is 31.6 Å². The zero-order valence-electron chi connectivity index (χ0n) is 20.1. The summed E-state index contributed by atoms with van der Waals surface area (Å²) in [4.78, 5) is 38.0. The molecule has 2 N–H and O–H groups in total. The van der Waals surface area contributed by atoms with Crippen molar-refractivity contribution < 1.29 is 9.59 Å². The lowest BCUT2D eigenvalue weighted by Crippen LogP contribution is -2.46. The average molecular weight is 484 g/mol. The van der Waals surface area contributed by atoms with E-state index in [0.29, 0.717) is 29.9 Å². The summed E-state index contributed by atoms with van der Waals surface area (Å²) in [6, 6.07) is 13.3. The molecule has 5 rings (SSSR count). The number of nitrogens with zero attached hydrogens (tertiary/aromatic N) is 5. The molecule has 2 aromatic heterocycles. The van der Waals surface area contributed by atoms with Gasteiger partial charge in [0, 0.05) is 61.0 Å². The highest BCUT2D eigenvalue weighted by atomic mass is 16.2. The Bertz CT molecular complexity index is 1280. The third kappa shape index (κ3) is 5.14. The highest BCUT2D eigenvalue weighted by Gasteiger charge is 2.30. The number of anilines is 2. The van der Waals surface area contributed by atoms with Crippen molar-refractivity contribution in [3.05, 3.63) is 60.6 Å². The van der Waals surface area contributed by atoms with Gasteiger partial charge < -0.3 is 15.5 Å². The highest BCUT2D eigenvalue weighted by molar-refractivity contribution is 6.13. The number of pyridine rings is 2. The summed E-state index contributed by atoms with van der Waals surface area (Å²) in [7, 11) is 0. The zero-order valence-corrected chi connectivity index (χ0v) is 20.1. The van der Waals surface area contributed by atoms with E-state index < -0.39 is 0 Å². The van der Waals surface area contributed by atoms with E-state index in [0.717, 1.165) is 49.8 Å². The molecule has 9 nitrogen and oxygen atoms in total. The summed E-state index contributed by atoms with van der Waals surface area (Å²) in [6.07, 6.45) is 8.46. The molecule has 36 heavy (non-hydrogen) atoms. The van der Waals surface area contributed by atoms with Gasteiger partial charge in [-0.1, -0.05) is 0 Å². The molecule has 9 heteroatoms. The molecule has 1 atom stereocenters. The van der Waals surface area contributed by atoms with Crippen LogP contribution in [0, 0.1) is 11.3 Å². The predicted octanol–water partition coefficient (Wildman–Crippen LogP) is 3.27. The van der Waals surface area contributed by atoms with E-state index in [-0.39, 0.29) is 23.9 Å². The number of nitrogens with one attached hydrogen (secondary N) is 2. The minimum absolute atomic E-state index is 0.0585. The Morgan fingerprint density at radius 3 is 2.61 bits per heavy atom. The van der Waals surface area contributed by atoms with Crippen molar-refractivity contribution in [1.82, 2.24) is 19.8 Å². The monoisotopic (exact) mass is 483 g/mol. The van der Waals surface area contributed by atoms with Gasteiger partial charge >= 0.3 is 0 Å². The van der Waals surface area contributed by atoms with Crippen LogP contribution in [-0.4, -0.2) is 69.8 Å². The maximum Gasteiger partial charge on any atom is 0.257 e. The molecular weight excluding hydrogens is 454 g/mol. The topological polar surface area (TPSA) is 114 Å². The Labute approximate surface area is 210 Å². The molecule has 2 aliphatic heterocycles. The summed E-state index contributed by atoms with van der Waals surface area (Å²) in [5.41, 5.74) is 2.79. The lowest BCUT2D eigenvalue weighted by Gasteiger charge is -2.33. The molecule has 2 aliphatic rings. The maximum absolute atomic E-state index is 12.9. The summed E-state index contributed by atoms with van der Waals surface area (Å²) < 4.78 is 0. The number of benzene rings is 1. The third-order valence-corrected chi connectivity index (χ3v) is 6.98. The van der Waals surface area contributed by atoms with Crippen LogP contribution in [0.2, 0.25) is 0 Å². The summed E-state index contributed by atoms with van der Waals surface area (Å²) >= 11 is 0. The zero-order chi connectivity index (χ0) is 24.9. The molecular formula is C27H29N7O2. The number of amides is 2. The molecule has 1 aromatic carbocycles. The van der Waals surface area contributed by atoms with Crippen LogP contribution < -0.4 is 10.6 Å². The molecule has 184 valence electrons. The van der Waals surface area contributed by atoms with Gasteiger partial charge in [0.15, 0.2) is 0 Å². The predicted molar refractivity (Wildman–Crippen MR) is 137 cm³/mol. The normalized spacial score (nSPS) is 18.6. The second-order valence-electron chi connectivity index (χ2n) is 9.32. The van der Waals surface area contributed by atoms with Gasteiger partial charge in [-0.15, -0.1) is 0 Å². The number of aromatic nitrogens is 2. The number of piperidine rings is 1. The molecule has 0 saturated carbocycles. The molecule has 2 saturated heterocycles. The van der Waals surface area contributed by atoms with Gasteiger partial charge in [-0.05, 0) is 62.1 Å². The van der Waals surface area contributed by atoms with Crippen molar-refractivity contribution in [2.75, 3.05) is 36.8 Å². The minimum Gasteiger partial charge on any atom is -0.382 e. The van der Waals surface area contributed by atoms with Crippen molar-refractivity contribution in [3.8, 4) is 6.07 Å². The maximum atomic E-state index is 12.9. The second-order valence-corrected chi connectivity index (χ2v) is 9.32. The first-order chi connectivity index (χ1) is 17.6. The Morgan fingerprint density at radius 1 is 1.03 bits per heavy atom. The Hall–Kier alpha value is -4.03. The Kier molecular flexibility index (Phi) is 7.05. The van der Waals surface area contributed by atoms with Crippen LogP contribution >= 0.6 is 0 Å². The van der Waals surface area contributed by atoms with Gasteiger partial charge in [0.2, 0.25) is 5.91 Å². The number of rotatable bonds is 6. The van der Waals surface area contributed by atoms with Crippen molar-refractivity contribution in [3.63, 3.8) is 0 Å². The van der Waals surface area contributed by atoms with Crippen molar-refractivity contribution in [2.45, 2.75) is 37.8 Å². The smallest absolute Gasteiger partial charge is 0.257 e. The summed E-state index contributed by atoms with van der Waals surface area (Å²) in [6.45, 7) is 2.69. The van der Waals surface area contributed by atoms with E-state index in [4.69, 9.17) is 0 Å². The minimum atomic E-state index is -0.270. The fourth-order valence-corrected chi connectivity index (χ4v) is 5.05. The quantitative estimate of drug-likeness (QED) is 0.553. The van der Waals surface area contributed by atoms with Gasteiger partial charge in [0.05, 0.1) is 23.7 Å². The van der Waals surface area contributed by atoms with E-state index in [1.165, 1.54) is 0 Å². The first-order valence-electron chi connectivity index (χ1n) is 12.4. The van der Waals surface area contributed by atoms with E-state index in [9.17, 15) is 14.9 Å². The first-order valence-corrected chi connectivity index (χ1v) is 12.4. The number of hydrogen-bond donors (Lipinski definition) is 2. The fraction of sp³-hybridized carbons (Fsp3) is 0.370. The van der Waals surface area contributed by atoms with Gasteiger partial charge in [-0.25, -0.2) is 0 Å². The number of carbonyl (C=O) groups is 2. The SMILES string of the molecule is N#C[C@@H]1CCCN1C(=O)CN1CCC(Nc2ccc(C(=O)Nc3ccncc3)c3ncccc23)CC1. The third-order valence-electron chi connectivity index (χ3n) is 6.98. The first kappa shape index (κ1) is 23.7. The van der Waals surface area contributed by atoms with Gasteiger partial charge in [-0.3, -0.25) is 24.5 Å². The lowest BCUT2D eigenvalue weighted by molar-refractivity contribution is -0.132. The number of fused-ring (bicyclic) bond motifs is 1. The molecule has 2 fully saturated rings. The average Bonchev–Trinajstić information content (AvgIpc) is 3.40. The number of hydrogen-bond acceptors (Lipinski definition) is 7. The molecule has 0 radical (unpaired) electrons. The fourth-order valence-electron chi connectivity index (χ4n) is 5.05. The molecule has 0 bridgehead atoms. The van der Waals surface area contributed by atoms with E-state index >= 15 is 0 Å². The summed E-state index contributed by atoms with van der Waals surface area (Å²) in [5.74, 6) is -0.158. The molecule has 0 unspecified atom stereocenters. The Morgan fingerprint density at radius 2 is 1.83 bits per heavy atom. The second kappa shape index (κ2) is 10.7. The number of nitriles is 1. The molecule has 4 heterocycles. The van der Waals surface area contributed by atoms with Crippen LogP contribution in [0.15, 0.2) is 55.0 Å². The van der Waals surface area contributed by atoms with Gasteiger partial charge in [0.25, 0.3) is 5.91 Å². The molecule has 0 aliphatic carbocycles. The molecule has 0 spiro atoms. The van der Waals surface area contributed by atoms with Crippen LogP contribution in [-0.2, 0) is 4.79 Å². The van der Waals surface area contributed by atoms with Crippen molar-refractivity contribution in [2.24, 2.45) is 0 Å². The van der Waals surface area contributed by atoms with Crippen LogP contribution in [0.5, 0.6) is 0 Å². The molecule has 2 amide bonds. The largest absolute Gasteiger partial charge is 0.382 e. The summed E-state index contributed by atoms with van der Waals surface area (Å²) in [5, 5.41) is 16.7.